The smallest absolute Gasteiger partial charge is 0.274 e. The summed E-state index contributed by atoms with van der Waals surface area (Å²) in [4.78, 5) is 11.6. The van der Waals surface area contributed by atoms with Crippen LogP contribution in [0.25, 0.3) is 0 Å². The minimum Gasteiger partial charge on any atom is -0.288 e. The predicted molar refractivity (Wildman–Crippen MR) is 113 cm³/mol. The van der Waals surface area contributed by atoms with Gasteiger partial charge in [-0.05, 0) is 59.7 Å². The molecule has 3 aromatic carbocycles. The van der Waals surface area contributed by atoms with Gasteiger partial charge < -0.3 is 0 Å². The highest BCUT2D eigenvalue weighted by Gasteiger charge is 2.25. The first-order valence-corrected chi connectivity index (χ1v) is 11.1. The van der Waals surface area contributed by atoms with Crippen molar-refractivity contribution in [3.8, 4) is 0 Å². The van der Waals surface area contributed by atoms with Crippen molar-refractivity contribution in [3.05, 3.63) is 99.8 Å². The molecular formula is C21H18BrFN2O4S. The third kappa shape index (κ3) is 5.31. The molecule has 0 radical (unpaired) electrons. The maximum Gasteiger partial charge on any atom is 0.274 e. The van der Waals surface area contributed by atoms with Crippen LogP contribution in [0.2, 0.25) is 0 Å². The van der Waals surface area contributed by atoms with Gasteiger partial charge in [0.1, 0.15) is 5.82 Å². The fraction of sp³-hybridized carbons (Fsp3) is 0.0952. The molecule has 0 atom stereocenters. The van der Waals surface area contributed by atoms with Gasteiger partial charge in [0.15, 0.2) is 0 Å². The SMILES string of the molecule is O=C(NO)c1ccc(CN(Cc2ccc(F)cc2)S(=O)(=O)c2ccc(Br)cc2)cc1. The average Bonchev–Trinajstić information content (AvgIpc) is 2.75. The number of hydroxylamine groups is 1. The average molecular weight is 493 g/mol. The molecule has 1 amide bonds. The van der Waals surface area contributed by atoms with Gasteiger partial charge in [0, 0.05) is 23.1 Å². The van der Waals surface area contributed by atoms with E-state index in [1.807, 2.05) is 0 Å². The third-order valence-corrected chi connectivity index (χ3v) is 6.73. The Morgan fingerprint density at radius 2 is 1.40 bits per heavy atom. The molecule has 0 heterocycles. The second kappa shape index (κ2) is 9.48. The van der Waals surface area contributed by atoms with Crippen LogP contribution >= 0.6 is 15.9 Å². The van der Waals surface area contributed by atoms with Crippen LogP contribution in [0, 0.1) is 5.82 Å². The molecule has 6 nitrogen and oxygen atoms in total. The summed E-state index contributed by atoms with van der Waals surface area (Å²) in [6.07, 6.45) is 0. The van der Waals surface area contributed by atoms with Crippen molar-refractivity contribution in [1.29, 1.82) is 0 Å². The fourth-order valence-electron chi connectivity index (χ4n) is 2.80. The predicted octanol–water partition coefficient (Wildman–Crippen LogP) is 4.10. The van der Waals surface area contributed by atoms with E-state index >= 15 is 0 Å². The van der Waals surface area contributed by atoms with Crippen LogP contribution in [-0.2, 0) is 23.1 Å². The number of hydrogen-bond acceptors (Lipinski definition) is 4. The monoisotopic (exact) mass is 492 g/mol. The summed E-state index contributed by atoms with van der Waals surface area (Å²) in [5.41, 5.74) is 3.07. The van der Waals surface area contributed by atoms with Crippen molar-refractivity contribution >= 4 is 31.9 Å². The lowest BCUT2D eigenvalue weighted by Gasteiger charge is -2.23. The van der Waals surface area contributed by atoms with Crippen LogP contribution in [0.5, 0.6) is 0 Å². The molecule has 0 unspecified atom stereocenters. The summed E-state index contributed by atoms with van der Waals surface area (Å²) in [5.74, 6) is -1.06. The number of sulfonamides is 1. The lowest BCUT2D eigenvalue weighted by atomic mass is 10.1. The van der Waals surface area contributed by atoms with Gasteiger partial charge in [0.05, 0.1) is 4.90 Å². The van der Waals surface area contributed by atoms with Gasteiger partial charge in [0.2, 0.25) is 10.0 Å². The highest BCUT2D eigenvalue weighted by molar-refractivity contribution is 9.10. The van der Waals surface area contributed by atoms with Gasteiger partial charge in [0.25, 0.3) is 5.91 Å². The standard InChI is InChI=1S/C21H18BrFN2O4S/c22-18-7-11-20(12-8-18)30(28,29)25(14-16-3-9-19(23)10-4-16)13-15-1-5-17(6-2-15)21(26)24-27/h1-12,27H,13-14H2,(H,24,26). The highest BCUT2D eigenvalue weighted by atomic mass is 79.9. The van der Waals surface area contributed by atoms with Gasteiger partial charge in [-0.25, -0.2) is 18.3 Å². The molecule has 0 aromatic heterocycles. The van der Waals surface area contributed by atoms with Crippen LogP contribution in [0.15, 0.2) is 82.2 Å². The number of carbonyl (C=O) groups excluding carboxylic acids is 1. The number of nitrogens with zero attached hydrogens (tertiary/aromatic N) is 1. The minimum atomic E-state index is -3.86. The number of rotatable bonds is 7. The second-order valence-electron chi connectivity index (χ2n) is 6.49. The van der Waals surface area contributed by atoms with Gasteiger partial charge in [-0.2, -0.15) is 4.31 Å². The normalized spacial score (nSPS) is 11.5. The van der Waals surface area contributed by atoms with Crippen molar-refractivity contribution in [2.24, 2.45) is 0 Å². The largest absolute Gasteiger partial charge is 0.288 e. The van der Waals surface area contributed by atoms with E-state index in [2.05, 4.69) is 15.9 Å². The molecule has 0 bridgehead atoms. The van der Waals surface area contributed by atoms with Crippen molar-refractivity contribution in [2.45, 2.75) is 18.0 Å². The van der Waals surface area contributed by atoms with E-state index in [4.69, 9.17) is 5.21 Å². The van der Waals surface area contributed by atoms with E-state index in [1.54, 1.807) is 29.7 Å². The lowest BCUT2D eigenvalue weighted by molar-refractivity contribution is 0.0706. The quantitative estimate of drug-likeness (QED) is 0.384. The van der Waals surface area contributed by atoms with Gasteiger partial charge in [-0.15, -0.1) is 0 Å². The van der Waals surface area contributed by atoms with Gasteiger partial charge >= 0.3 is 0 Å². The number of halogens is 2. The summed E-state index contributed by atoms with van der Waals surface area (Å²) in [5, 5.41) is 8.72. The molecule has 0 aliphatic heterocycles. The topological polar surface area (TPSA) is 86.7 Å². The Morgan fingerprint density at radius 1 is 0.900 bits per heavy atom. The Morgan fingerprint density at radius 3 is 1.90 bits per heavy atom. The minimum absolute atomic E-state index is 0.0385. The summed E-state index contributed by atoms with van der Waals surface area (Å²) in [6, 6.07) is 18.1. The third-order valence-electron chi connectivity index (χ3n) is 4.40. The van der Waals surface area contributed by atoms with Crippen LogP contribution in [0.3, 0.4) is 0 Å². The van der Waals surface area contributed by atoms with Gasteiger partial charge in [-0.1, -0.05) is 40.2 Å². The van der Waals surface area contributed by atoms with Gasteiger partial charge in [-0.3, -0.25) is 10.0 Å². The molecular weight excluding hydrogens is 475 g/mol. The zero-order valence-electron chi connectivity index (χ0n) is 15.6. The summed E-state index contributed by atoms with van der Waals surface area (Å²) in [7, 11) is -3.86. The van der Waals surface area contributed by atoms with E-state index in [9.17, 15) is 17.6 Å². The number of carbonyl (C=O) groups is 1. The number of benzene rings is 3. The second-order valence-corrected chi connectivity index (χ2v) is 9.34. The van der Waals surface area contributed by atoms with E-state index < -0.39 is 21.7 Å². The molecule has 9 heteroatoms. The molecule has 0 saturated carbocycles. The fourth-order valence-corrected chi connectivity index (χ4v) is 4.49. The Kier molecular flexibility index (Phi) is 6.99. The first-order valence-electron chi connectivity index (χ1n) is 8.83. The van der Waals surface area contributed by atoms with Crippen LogP contribution in [0.1, 0.15) is 21.5 Å². The van der Waals surface area contributed by atoms with Crippen LogP contribution in [-0.4, -0.2) is 23.8 Å². The van der Waals surface area contributed by atoms with E-state index in [-0.39, 0.29) is 23.5 Å². The number of nitrogens with one attached hydrogen (secondary N) is 1. The number of hydrogen-bond donors (Lipinski definition) is 2. The van der Waals surface area contributed by atoms with Crippen molar-refractivity contribution in [2.75, 3.05) is 0 Å². The van der Waals surface area contributed by atoms with Crippen molar-refractivity contribution < 1.29 is 22.8 Å². The van der Waals surface area contributed by atoms with Crippen molar-refractivity contribution in [1.82, 2.24) is 9.79 Å². The molecule has 0 saturated heterocycles. The number of amides is 1. The van der Waals surface area contributed by atoms with Crippen LogP contribution < -0.4 is 5.48 Å². The molecule has 30 heavy (non-hydrogen) atoms. The zero-order valence-corrected chi connectivity index (χ0v) is 18.0. The molecule has 3 rings (SSSR count). The van der Waals surface area contributed by atoms with E-state index in [1.165, 1.54) is 52.8 Å². The molecule has 2 N–H and O–H groups in total. The molecule has 0 aliphatic carbocycles. The van der Waals surface area contributed by atoms with Crippen LogP contribution in [0.4, 0.5) is 4.39 Å². The maximum atomic E-state index is 13.3. The molecule has 3 aromatic rings. The molecule has 0 spiro atoms. The summed E-state index contributed by atoms with van der Waals surface area (Å²) in [6.45, 7) is 0.0777. The Bertz CT molecular complexity index is 1120. The van der Waals surface area contributed by atoms with Crippen molar-refractivity contribution in [3.63, 3.8) is 0 Å². The summed E-state index contributed by atoms with van der Waals surface area (Å²) >= 11 is 3.29. The Hall–Kier alpha value is -2.59. The lowest BCUT2D eigenvalue weighted by Crippen LogP contribution is -2.30. The first kappa shape index (κ1) is 22.1. The maximum absolute atomic E-state index is 13.3. The Balaban J connectivity index is 1.93. The summed E-state index contributed by atoms with van der Waals surface area (Å²) < 4.78 is 41.8. The van der Waals surface area contributed by atoms with E-state index in [0.717, 1.165) is 4.47 Å². The van der Waals surface area contributed by atoms with E-state index in [0.29, 0.717) is 11.1 Å². The Labute approximate surface area is 182 Å². The first-order chi connectivity index (χ1) is 14.3. The molecule has 0 fully saturated rings. The molecule has 156 valence electrons. The highest BCUT2D eigenvalue weighted by Crippen LogP contribution is 2.23. The molecule has 0 aliphatic rings. The zero-order chi connectivity index (χ0) is 21.7.